The number of fused-ring (bicyclic) bond motifs is 2. The van der Waals surface area contributed by atoms with Gasteiger partial charge in [0.25, 0.3) is 0 Å². The van der Waals surface area contributed by atoms with Gasteiger partial charge in [0.2, 0.25) is 0 Å². The van der Waals surface area contributed by atoms with E-state index in [1.807, 2.05) is 59.4 Å². The molecule has 2 aromatic heterocycles. The van der Waals surface area contributed by atoms with Crippen molar-refractivity contribution >= 4 is 28.3 Å². The molecule has 0 radical (unpaired) electrons. The van der Waals surface area contributed by atoms with Gasteiger partial charge in [-0.05, 0) is 36.8 Å². The number of benzene rings is 2. The number of allylic oxidation sites excluding steroid dienone is 1. The Balaban J connectivity index is 1.70. The number of hydrogen-bond acceptors (Lipinski definition) is 4. The fourth-order valence-electron chi connectivity index (χ4n) is 2.70. The third kappa shape index (κ3) is 2.38. The lowest BCUT2D eigenvalue weighted by Crippen LogP contribution is -2.07. The molecule has 0 saturated heterocycles. The summed E-state index contributed by atoms with van der Waals surface area (Å²) in [5, 5.41) is 16.9. The minimum atomic E-state index is 0.116. The van der Waals surface area contributed by atoms with Crippen molar-refractivity contribution in [3.05, 3.63) is 54.6 Å². The van der Waals surface area contributed by atoms with E-state index in [0.717, 1.165) is 28.5 Å². The lowest BCUT2D eigenvalue weighted by Gasteiger charge is -2.11. The first-order valence-electron chi connectivity index (χ1n) is 7.65. The number of para-hydroxylation sites is 2. The highest BCUT2D eigenvalue weighted by Gasteiger charge is 2.11. The van der Waals surface area contributed by atoms with Gasteiger partial charge in [-0.25, -0.2) is 9.36 Å². The highest BCUT2D eigenvalue weighted by Crippen LogP contribution is 2.20. The van der Waals surface area contributed by atoms with Crippen molar-refractivity contribution < 1.29 is 0 Å². The number of rotatable bonds is 4. The highest BCUT2D eigenvalue weighted by atomic mass is 15.4. The summed E-state index contributed by atoms with van der Waals surface area (Å²) in [6.07, 6.45) is 4.94. The second kappa shape index (κ2) is 5.64. The summed E-state index contributed by atoms with van der Waals surface area (Å²) in [7, 11) is 0. The first-order valence-corrected chi connectivity index (χ1v) is 7.65. The summed E-state index contributed by atoms with van der Waals surface area (Å²) in [5.74, 6) is 0. The average molecular weight is 304 g/mol. The van der Waals surface area contributed by atoms with Gasteiger partial charge in [-0.2, -0.15) is 0 Å². The van der Waals surface area contributed by atoms with Crippen LogP contribution in [0.2, 0.25) is 0 Å². The molecule has 2 heterocycles. The molecule has 6 heteroatoms. The third-order valence-electron chi connectivity index (χ3n) is 3.94. The molecule has 0 bridgehead atoms. The zero-order chi connectivity index (χ0) is 15.6. The SMILES string of the molecule is CCC(C=Cn1nnc2ccccc21)n1nnc2ccccc21. The largest absolute Gasteiger partial charge is 0.238 e. The molecule has 0 aliphatic rings. The third-order valence-corrected chi connectivity index (χ3v) is 3.94. The monoisotopic (exact) mass is 304 g/mol. The molecule has 0 amide bonds. The quantitative estimate of drug-likeness (QED) is 0.580. The predicted octanol–water partition coefficient (Wildman–Crippen LogP) is 3.30. The molecule has 1 atom stereocenters. The normalized spacial score (nSPS) is 13.3. The molecular formula is C17H16N6. The molecule has 2 aromatic carbocycles. The maximum absolute atomic E-state index is 4.30. The molecule has 0 N–H and O–H groups in total. The fourth-order valence-corrected chi connectivity index (χ4v) is 2.70. The number of nitrogens with zero attached hydrogens (tertiary/aromatic N) is 6. The Morgan fingerprint density at radius 1 is 0.913 bits per heavy atom. The van der Waals surface area contributed by atoms with Crippen LogP contribution in [-0.2, 0) is 0 Å². The standard InChI is InChI=1S/C17H16N6/c1-2-13(23-17-10-6-4-8-15(17)19-21-23)11-12-22-16-9-5-3-7-14(16)18-20-22/h3-13H,2H2,1H3. The Morgan fingerprint density at radius 2 is 1.57 bits per heavy atom. The first-order chi connectivity index (χ1) is 11.4. The second-order valence-electron chi connectivity index (χ2n) is 5.36. The van der Waals surface area contributed by atoms with E-state index in [9.17, 15) is 0 Å². The average Bonchev–Trinajstić information content (AvgIpc) is 3.20. The van der Waals surface area contributed by atoms with Gasteiger partial charge < -0.3 is 0 Å². The minimum absolute atomic E-state index is 0.116. The Hall–Kier alpha value is -3.02. The van der Waals surface area contributed by atoms with Crippen LogP contribution in [0.1, 0.15) is 19.4 Å². The lowest BCUT2D eigenvalue weighted by atomic mass is 10.2. The van der Waals surface area contributed by atoms with Crippen LogP contribution in [0.25, 0.3) is 28.3 Å². The van der Waals surface area contributed by atoms with Crippen molar-refractivity contribution in [2.75, 3.05) is 0 Å². The lowest BCUT2D eigenvalue weighted by molar-refractivity contribution is 0.522. The van der Waals surface area contributed by atoms with Crippen molar-refractivity contribution in [3.8, 4) is 0 Å². The maximum atomic E-state index is 4.30. The van der Waals surface area contributed by atoms with Crippen LogP contribution in [-0.4, -0.2) is 30.0 Å². The molecule has 6 nitrogen and oxygen atoms in total. The molecule has 4 rings (SSSR count). The van der Waals surface area contributed by atoms with Crippen LogP contribution in [0.4, 0.5) is 0 Å². The van der Waals surface area contributed by atoms with E-state index in [4.69, 9.17) is 0 Å². The van der Waals surface area contributed by atoms with Crippen LogP contribution in [0.3, 0.4) is 0 Å². The van der Waals surface area contributed by atoms with Gasteiger partial charge in [0.05, 0.1) is 17.1 Å². The summed E-state index contributed by atoms with van der Waals surface area (Å²) in [6, 6.07) is 16.0. The molecule has 1 unspecified atom stereocenters. The first kappa shape index (κ1) is 13.6. The number of aromatic nitrogens is 6. The molecule has 0 aliphatic heterocycles. The number of hydrogen-bond donors (Lipinski definition) is 0. The van der Waals surface area contributed by atoms with Gasteiger partial charge in [0, 0.05) is 6.20 Å². The van der Waals surface area contributed by atoms with Crippen LogP contribution < -0.4 is 0 Å². The van der Waals surface area contributed by atoms with Crippen molar-refractivity contribution in [2.24, 2.45) is 0 Å². The van der Waals surface area contributed by atoms with E-state index in [1.165, 1.54) is 0 Å². The molecule has 0 spiro atoms. The van der Waals surface area contributed by atoms with Gasteiger partial charge in [-0.1, -0.05) is 41.6 Å². The van der Waals surface area contributed by atoms with Gasteiger partial charge in [0.1, 0.15) is 11.0 Å². The Kier molecular flexibility index (Phi) is 3.34. The van der Waals surface area contributed by atoms with Crippen molar-refractivity contribution in [1.82, 2.24) is 30.0 Å². The van der Waals surface area contributed by atoms with Crippen molar-refractivity contribution in [2.45, 2.75) is 19.4 Å². The van der Waals surface area contributed by atoms with Crippen LogP contribution in [0, 0.1) is 0 Å². The summed E-state index contributed by atoms with van der Waals surface area (Å²) in [6.45, 7) is 2.13. The molecule has 23 heavy (non-hydrogen) atoms. The summed E-state index contributed by atoms with van der Waals surface area (Å²) in [5.41, 5.74) is 3.82. The van der Waals surface area contributed by atoms with Crippen LogP contribution in [0.15, 0.2) is 54.6 Å². The Labute approximate surface area is 133 Å². The Bertz CT molecular complexity index is 981. The zero-order valence-electron chi connectivity index (χ0n) is 12.7. The zero-order valence-corrected chi connectivity index (χ0v) is 12.7. The molecule has 0 fully saturated rings. The topological polar surface area (TPSA) is 61.4 Å². The predicted molar refractivity (Wildman–Crippen MR) is 89.7 cm³/mol. The minimum Gasteiger partial charge on any atom is -0.238 e. The fraction of sp³-hybridized carbons (Fsp3) is 0.176. The van der Waals surface area contributed by atoms with Crippen molar-refractivity contribution in [3.63, 3.8) is 0 Å². The van der Waals surface area contributed by atoms with Gasteiger partial charge in [0.15, 0.2) is 0 Å². The van der Waals surface area contributed by atoms with E-state index in [1.54, 1.807) is 4.68 Å². The van der Waals surface area contributed by atoms with E-state index in [0.29, 0.717) is 0 Å². The van der Waals surface area contributed by atoms with E-state index in [-0.39, 0.29) is 6.04 Å². The molecule has 0 saturated carbocycles. The Morgan fingerprint density at radius 3 is 2.35 bits per heavy atom. The van der Waals surface area contributed by atoms with E-state index >= 15 is 0 Å². The van der Waals surface area contributed by atoms with E-state index < -0.39 is 0 Å². The van der Waals surface area contributed by atoms with E-state index in [2.05, 4.69) is 33.6 Å². The van der Waals surface area contributed by atoms with Crippen LogP contribution in [0.5, 0.6) is 0 Å². The molecular weight excluding hydrogens is 288 g/mol. The van der Waals surface area contributed by atoms with Crippen molar-refractivity contribution in [1.29, 1.82) is 0 Å². The van der Waals surface area contributed by atoms with Crippen LogP contribution >= 0.6 is 0 Å². The molecule has 4 aromatic rings. The smallest absolute Gasteiger partial charge is 0.113 e. The van der Waals surface area contributed by atoms with Gasteiger partial charge >= 0.3 is 0 Å². The molecule has 114 valence electrons. The summed E-state index contributed by atoms with van der Waals surface area (Å²) in [4.78, 5) is 0. The summed E-state index contributed by atoms with van der Waals surface area (Å²) < 4.78 is 3.74. The molecule has 0 aliphatic carbocycles. The van der Waals surface area contributed by atoms with Gasteiger partial charge in [-0.15, -0.1) is 10.2 Å². The summed E-state index contributed by atoms with van der Waals surface area (Å²) >= 11 is 0. The van der Waals surface area contributed by atoms with Gasteiger partial charge in [-0.3, -0.25) is 0 Å². The highest BCUT2D eigenvalue weighted by molar-refractivity contribution is 5.76. The second-order valence-corrected chi connectivity index (χ2v) is 5.36. The maximum Gasteiger partial charge on any atom is 0.113 e.